The minimum atomic E-state index is -0.353. The predicted molar refractivity (Wildman–Crippen MR) is 73.2 cm³/mol. The third-order valence-electron chi connectivity index (χ3n) is 3.00. The minimum absolute atomic E-state index is 0.0479. The molecule has 0 amide bonds. The Bertz CT molecular complexity index is 534. The van der Waals surface area contributed by atoms with Gasteiger partial charge in [-0.3, -0.25) is 0 Å². The molecule has 1 aromatic carbocycles. The summed E-state index contributed by atoms with van der Waals surface area (Å²) in [5.41, 5.74) is 1.52. The second kappa shape index (κ2) is 6.88. The van der Waals surface area contributed by atoms with E-state index in [1.54, 1.807) is 24.5 Å². The summed E-state index contributed by atoms with van der Waals surface area (Å²) in [5.74, 6) is 0.340. The van der Waals surface area contributed by atoms with Gasteiger partial charge in [-0.1, -0.05) is 12.1 Å². The van der Waals surface area contributed by atoms with Gasteiger partial charge in [0.05, 0.1) is 31.6 Å². The number of hydrogen-bond donors (Lipinski definition) is 2. The van der Waals surface area contributed by atoms with Crippen molar-refractivity contribution in [1.29, 1.82) is 0 Å². The molecule has 0 bridgehead atoms. The topological polar surface area (TPSA) is 71.7 Å². The number of nitrogens with one attached hydrogen (secondary N) is 1. The second-order valence-corrected chi connectivity index (χ2v) is 4.32. The molecule has 20 heavy (non-hydrogen) atoms. The molecule has 0 saturated carbocycles. The molecule has 1 heterocycles. The molecule has 1 atom stereocenters. The third kappa shape index (κ3) is 3.46. The van der Waals surface area contributed by atoms with Crippen LogP contribution in [0.2, 0.25) is 0 Å². The van der Waals surface area contributed by atoms with E-state index in [4.69, 9.17) is 4.42 Å². The van der Waals surface area contributed by atoms with Gasteiger partial charge in [0.1, 0.15) is 5.76 Å². The first-order valence-electron chi connectivity index (χ1n) is 6.29. The van der Waals surface area contributed by atoms with E-state index < -0.39 is 0 Å². The number of ether oxygens (including phenoxy) is 1. The standard InChI is InChI=1S/C15H17NO4/c1-19-15(18)12-6-4-11(5-7-12)9-16-13(10-17)14-3-2-8-20-14/h2-8,13,16-17H,9-10H2,1H3. The van der Waals surface area contributed by atoms with E-state index in [1.165, 1.54) is 7.11 Å². The summed E-state index contributed by atoms with van der Waals surface area (Å²) in [6.07, 6.45) is 1.57. The number of methoxy groups -OCH3 is 1. The molecule has 0 saturated heterocycles. The first kappa shape index (κ1) is 14.3. The Balaban J connectivity index is 1.95. The number of carbonyl (C=O) groups is 1. The molecule has 106 valence electrons. The Labute approximate surface area is 117 Å². The lowest BCUT2D eigenvalue weighted by Crippen LogP contribution is -2.23. The highest BCUT2D eigenvalue weighted by Crippen LogP contribution is 2.14. The quantitative estimate of drug-likeness (QED) is 0.788. The number of rotatable bonds is 6. The van der Waals surface area contributed by atoms with Crippen molar-refractivity contribution in [2.24, 2.45) is 0 Å². The van der Waals surface area contributed by atoms with E-state index in [9.17, 15) is 9.90 Å². The van der Waals surface area contributed by atoms with Gasteiger partial charge in [0.15, 0.2) is 0 Å². The van der Waals surface area contributed by atoms with Crippen molar-refractivity contribution in [3.8, 4) is 0 Å². The van der Waals surface area contributed by atoms with Crippen LogP contribution in [0.5, 0.6) is 0 Å². The first-order chi connectivity index (χ1) is 9.74. The molecule has 5 heteroatoms. The van der Waals surface area contributed by atoms with Gasteiger partial charge in [-0.05, 0) is 29.8 Å². The van der Waals surface area contributed by atoms with Crippen LogP contribution < -0.4 is 5.32 Å². The van der Waals surface area contributed by atoms with Crippen molar-refractivity contribution in [1.82, 2.24) is 5.32 Å². The Morgan fingerprint density at radius 3 is 2.65 bits per heavy atom. The van der Waals surface area contributed by atoms with Crippen molar-refractivity contribution in [2.75, 3.05) is 13.7 Å². The van der Waals surface area contributed by atoms with E-state index >= 15 is 0 Å². The monoisotopic (exact) mass is 275 g/mol. The van der Waals surface area contributed by atoms with Crippen LogP contribution in [0.4, 0.5) is 0 Å². The summed E-state index contributed by atoms with van der Waals surface area (Å²) in [7, 11) is 1.35. The van der Waals surface area contributed by atoms with Gasteiger partial charge in [-0.2, -0.15) is 0 Å². The maximum Gasteiger partial charge on any atom is 0.337 e. The largest absolute Gasteiger partial charge is 0.468 e. The van der Waals surface area contributed by atoms with Crippen molar-refractivity contribution < 1.29 is 19.1 Å². The number of benzene rings is 1. The average Bonchev–Trinajstić information content (AvgIpc) is 3.02. The van der Waals surface area contributed by atoms with Gasteiger partial charge >= 0.3 is 5.97 Å². The Morgan fingerprint density at radius 1 is 1.35 bits per heavy atom. The molecule has 1 aromatic heterocycles. The summed E-state index contributed by atoms with van der Waals surface area (Å²) < 4.78 is 9.90. The smallest absolute Gasteiger partial charge is 0.337 e. The maximum absolute atomic E-state index is 11.3. The number of esters is 1. The van der Waals surface area contributed by atoms with E-state index in [0.717, 1.165) is 5.56 Å². The maximum atomic E-state index is 11.3. The lowest BCUT2D eigenvalue weighted by Gasteiger charge is -2.14. The lowest BCUT2D eigenvalue weighted by atomic mass is 10.1. The highest BCUT2D eigenvalue weighted by atomic mass is 16.5. The zero-order valence-electron chi connectivity index (χ0n) is 11.2. The molecule has 1 unspecified atom stereocenters. The van der Waals surface area contributed by atoms with Crippen LogP contribution in [0, 0.1) is 0 Å². The minimum Gasteiger partial charge on any atom is -0.468 e. The zero-order valence-corrected chi connectivity index (χ0v) is 11.2. The van der Waals surface area contributed by atoms with Crippen molar-refractivity contribution in [3.63, 3.8) is 0 Å². The fourth-order valence-corrected chi connectivity index (χ4v) is 1.86. The van der Waals surface area contributed by atoms with Crippen LogP contribution in [0.1, 0.15) is 27.7 Å². The van der Waals surface area contributed by atoms with Crippen LogP contribution in [-0.4, -0.2) is 24.8 Å². The Kier molecular flexibility index (Phi) is 4.92. The molecular formula is C15H17NO4. The average molecular weight is 275 g/mol. The lowest BCUT2D eigenvalue weighted by molar-refractivity contribution is 0.0600. The summed E-state index contributed by atoms with van der Waals surface area (Å²) in [5, 5.41) is 12.5. The molecule has 5 nitrogen and oxygen atoms in total. The summed E-state index contributed by atoms with van der Waals surface area (Å²) in [6, 6.07) is 10.5. The van der Waals surface area contributed by atoms with Crippen molar-refractivity contribution in [3.05, 3.63) is 59.5 Å². The number of furan rings is 1. The van der Waals surface area contributed by atoms with Gasteiger partial charge in [0.25, 0.3) is 0 Å². The van der Waals surface area contributed by atoms with Gasteiger partial charge < -0.3 is 19.6 Å². The predicted octanol–water partition coefficient (Wildman–Crippen LogP) is 1.89. The molecule has 0 aliphatic carbocycles. The number of carbonyl (C=O) groups excluding carboxylic acids is 1. The van der Waals surface area contributed by atoms with Crippen molar-refractivity contribution in [2.45, 2.75) is 12.6 Å². The number of aliphatic hydroxyl groups excluding tert-OH is 1. The van der Waals surface area contributed by atoms with E-state index in [1.807, 2.05) is 18.2 Å². The SMILES string of the molecule is COC(=O)c1ccc(CNC(CO)c2ccco2)cc1. The van der Waals surface area contributed by atoms with Gasteiger partial charge in [-0.15, -0.1) is 0 Å². The van der Waals surface area contributed by atoms with Crippen molar-refractivity contribution >= 4 is 5.97 Å². The molecule has 0 radical (unpaired) electrons. The third-order valence-corrected chi connectivity index (χ3v) is 3.00. The van der Waals surface area contributed by atoms with Crippen LogP contribution in [0.3, 0.4) is 0 Å². The first-order valence-corrected chi connectivity index (χ1v) is 6.29. The van der Waals surface area contributed by atoms with E-state index in [0.29, 0.717) is 17.9 Å². The second-order valence-electron chi connectivity index (χ2n) is 4.32. The molecule has 0 fully saturated rings. The van der Waals surface area contributed by atoms with E-state index in [2.05, 4.69) is 10.1 Å². The molecule has 2 N–H and O–H groups in total. The normalized spacial score (nSPS) is 12.1. The fourth-order valence-electron chi connectivity index (χ4n) is 1.86. The summed E-state index contributed by atoms with van der Waals surface area (Å²) in [6.45, 7) is 0.515. The molecule has 0 spiro atoms. The van der Waals surface area contributed by atoms with Gasteiger partial charge in [0.2, 0.25) is 0 Å². The highest BCUT2D eigenvalue weighted by molar-refractivity contribution is 5.89. The number of hydrogen-bond acceptors (Lipinski definition) is 5. The number of aliphatic hydroxyl groups is 1. The summed E-state index contributed by atoms with van der Waals surface area (Å²) in [4.78, 5) is 11.3. The summed E-state index contributed by atoms with van der Waals surface area (Å²) >= 11 is 0. The van der Waals surface area contributed by atoms with Gasteiger partial charge in [-0.25, -0.2) is 4.79 Å². The molecule has 2 aromatic rings. The molecular weight excluding hydrogens is 258 g/mol. The molecule has 2 rings (SSSR count). The Morgan fingerprint density at radius 2 is 2.10 bits per heavy atom. The highest BCUT2D eigenvalue weighted by Gasteiger charge is 2.12. The van der Waals surface area contributed by atoms with Crippen LogP contribution in [-0.2, 0) is 11.3 Å². The molecule has 0 aliphatic heterocycles. The zero-order chi connectivity index (χ0) is 14.4. The van der Waals surface area contributed by atoms with Crippen LogP contribution in [0.25, 0.3) is 0 Å². The van der Waals surface area contributed by atoms with E-state index in [-0.39, 0.29) is 18.6 Å². The molecule has 0 aliphatic rings. The van der Waals surface area contributed by atoms with Gasteiger partial charge in [0, 0.05) is 6.54 Å². The Hall–Kier alpha value is -2.11. The van der Waals surface area contributed by atoms with Crippen LogP contribution in [0.15, 0.2) is 47.1 Å². The fraction of sp³-hybridized carbons (Fsp3) is 0.267. The van der Waals surface area contributed by atoms with Crippen LogP contribution >= 0.6 is 0 Å².